The van der Waals surface area contributed by atoms with Gasteiger partial charge in [-0.2, -0.15) is 5.10 Å². The number of nitrogens with zero attached hydrogens (tertiary/aromatic N) is 2. The number of rotatable bonds is 7. The summed E-state index contributed by atoms with van der Waals surface area (Å²) in [4.78, 5) is 0. The van der Waals surface area contributed by atoms with Gasteiger partial charge in [-0.15, -0.1) is 0 Å². The minimum absolute atomic E-state index is 0.605. The molecule has 0 spiro atoms. The normalized spacial score (nSPS) is 12.8. The molecular formula is C17H25N3. The summed E-state index contributed by atoms with van der Waals surface area (Å²) in [5.74, 6) is 1.31. The lowest BCUT2D eigenvalue weighted by molar-refractivity contribution is 0.467. The van der Waals surface area contributed by atoms with Crippen molar-refractivity contribution in [3.05, 3.63) is 48.3 Å². The Labute approximate surface area is 122 Å². The molecule has 1 heterocycles. The molecule has 0 saturated carbocycles. The van der Waals surface area contributed by atoms with Gasteiger partial charge in [0.1, 0.15) is 0 Å². The van der Waals surface area contributed by atoms with Gasteiger partial charge < -0.3 is 5.32 Å². The molecule has 0 aliphatic rings. The molecular weight excluding hydrogens is 246 g/mol. The third-order valence-corrected chi connectivity index (χ3v) is 3.32. The van der Waals surface area contributed by atoms with Crippen molar-refractivity contribution in [1.82, 2.24) is 15.1 Å². The first-order chi connectivity index (χ1) is 9.66. The zero-order chi connectivity index (χ0) is 14.4. The van der Waals surface area contributed by atoms with E-state index in [1.54, 1.807) is 0 Å². The molecule has 0 bridgehead atoms. The van der Waals surface area contributed by atoms with E-state index in [1.807, 2.05) is 16.9 Å². The maximum atomic E-state index is 4.44. The van der Waals surface area contributed by atoms with Gasteiger partial charge in [0.25, 0.3) is 0 Å². The highest BCUT2D eigenvalue weighted by Crippen LogP contribution is 2.13. The largest absolute Gasteiger partial charge is 0.316 e. The van der Waals surface area contributed by atoms with Gasteiger partial charge in [-0.3, -0.25) is 0 Å². The minimum atomic E-state index is 0.605. The van der Waals surface area contributed by atoms with Crippen LogP contribution in [0.15, 0.2) is 42.6 Å². The van der Waals surface area contributed by atoms with Gasteiger partial charge in [-0.1, -0.05) is 39.0 Å². The van der Waals surface area contributed by atoms with E-state index in [0.29, 0.717) is 11.8 Å². The molecule has 1 aromatic carbocycles. The molecule has 2 rings (SSSR count). The van der Waals surface area contributed by atoms with E-state index in [0.717, 1.165) is 25.2 Å². The zero-order valence-corrected chi connectivity index (χ0v) is 12.7. The molecule has 20 heavy (non-hydrogen) atoms. The van der Waals surface area contributed by atoms with Crippen LogP contribution in [0, 0.1) is 11.8 Å². The molecule has 3 nitrogen and oxygen atoms in total. The predicted octanol–water partition coefficient (Wildman–Crippen LogP) is 3.30. The number of aromatic nitrogens is 2. The van der Waals surface area contributed by atoms with E-state index in [-0.39, 0.29) is 0 Å². The van der Waals surface area contributed by atoms with E-state index >= 15 is 0 Å². The van der Waals surface area contributed by atoms with Crippen molar-refractivity contribution >= 4 is 0 Å². The second kappa shape index (κ2) is 7.25. The van der Waals surface area contributed by atoms with E-state index in [2.05, 4.69) is 61.5 Å². The molecule has 108 valence electrons. The smallest absolute Gasteiger partial charge is 0.0648 e. The summed E-state index contributed by atoms with van der Waals surface area (Å²) < 4.78 is 2.04. The Bertz CT molecular complexity index is 502. The Balaban J connectivity index is 1.95. The molecule has 0 saturated heterocycles. The Morgan fingerprint density at radius 3 is 2.50 bits per heavy atom. The maximum Gasteiger partial charge on any atom is 0.0648 e. The molecule has 1 aromatic heterocycles. The highest BCUT2D eigenvalue weighted by molar-refractivity contribution is 5.32. The standard InChI is InChI=1S/C17H25N3/c1-14(2)12-18-13-15(3)11-17-9-10-19-20(17)16-7-5-4-6-8-16/h4-10,14-15,18H,11-13H2,1-3H3. The summed E-state index contributed by atoms with van der Waals surface area (Å²) in [6.45, 7) is 8.90. The van der Waals surface area contributed by atoms with E-state index in [4.69, 9.17) is 0 Å². The lowest BCUT2D eigenvalue weighted by Gasteiger charge is -2.15. The Morgan fingerprint density at radius 2 is 1.80 bits per heavy atom. The van der Waals surface area contributed by atoms with Crippen LogP contribution in [0.2, 0.25) is 0 Å². The van der Waals surface area contributed by atoms with Gasteiger partial charge in [0.15, 0.2) is 0 Å². The fraction of sp³-hybridized carbons (Fsp3) is 0.471. The number of benzene rings is 1. The molecule has 0 aliphatic carbocycles. The first-order valence-electron chi connectivity index (χ1n) is 7.46. The lowest BCUT2D eigenvalue weighted by atomic mass is 10.1. The molecule has 1 unspecified atom stereocenters. The summed E-state index contributed by atoms with van der Waals surface area (Å²) in [6.07, 6.45) is 2.93. The summed E-state index contributed by atoms with van der Waals surface area (Å²) in [5, 5.41) is 7.97. The molecule has 0 aliphatic heterocycles. The molecule has 0 amide bonds. The number of nitrogens with one attached hydrogen (secondary N) is 1. The first kappa shape index (κ1) is 14.8. The molecule has 0 fully saturated rings. The monoisotopic (exact) mass is 271 g/mol. The van der Waals surface area contributed by atoms with Crippen LogP contribution >= 0.6 is 0 Å². The van der Waals surface area contributed by atoms with Crippen molar-refractivity contribution in [3.8, 4) is 5.69 Å². The van der Waals surface area contributed by atoms with Gasteiger partial charge in [-0.25, -0.2) is 4.68 Å². The average Bonchev–Trinajstić information content (AvgIpc) is 2.87. The number of hydrogen-bond donors (Lipinski definition) is 1. The first-order valence-corrected chi connectivity index (χ1v) is 7.46. The fourth-order valence-electron chi connectivity index (χ4n) is 2.33. The predicted molar refractivity (Wildman–Crippen MR) is 84.1 cm³/mol. The highest BCUT2D eigenvalue weighted by Gasteiger charge is 2.09. The maximum absolute atomic E-state index is 4.44. The van der Waals surface area contributed by atoms with Crippen LogP contribution < -0.4 is 5.32 Å². The summed E-state index contributed by atoms with van der Waals surface area (Å²) in [6, 6.07) is 12.4. The van der Waals surface area contributed by atoms with E-state index in [9.17, 15) is 0 Å². The Kier molecular flexibility index (Phi) is 5.36. The average molecular weight is 271 g/mol. The Hall–Kier alpha value is -1.61. The van der Waals surface area contributed by atoms with E-state index < -0.39 is 0 Å². The second-order valence-electron chi connectivity index (χ2n) is 5.93. The van der Waals surface area contributed by atoms with Gasteiger partial charge in [0.05, 0.1) is 5.69 Å². The van der Waals surface area contributed by atoms with Crippen molar-refractivity contribution in [2.75, 3.05) is 13.1 Å². The molecule has 3 heteroatoms. The van der Waals surface area contributed by atoms with Crippen LogP contribution in [0.25, 0.3) is 5.69 Å². The summed E-state index contributed by atoms with van der Waals surface area (Å²) in [7, 11) is 0. The van der Waals surface area contributed by atoms with Crippen molar-refractivity contribution < 1.29 is 0 Å². The van der Waals surface area contributed by atoms with Crippen LogP contribution in [-0.2, 0) is 6.42 Å². The quantitative estimate of drug-likeness (QED) is 0.837. The van der Waals surface area contributed by atoms with Gasteiger partial charge in [-0.05, 0) is 49.5 Å². The minimum Gasteiger partial charge on any atom is -0.316 e. The van der Waals surface area contributed by atoms with Gasteiger partial charge in [0, 0.05) is 11.9 Å². The van der Waals surface area contributed by atoms with Crippen LogP contribution in [0.5, 0.6) is 0 Å². The summed E-state index contributed by atoms with van der Waals surface area (Å²) >= 11 is 0. The molecule has 0 radical (unpaired) electrons. The zero-order valence-electron chi connectivity index (χ0n) is 12.7. The third-order valence-electron chi connectivity index (χ3n) is 3.32. The van der Waals surface area contributed by atoms with Crippen molar-refractivity contribution in [2.45, 2.75) is 27.2 Å². The molecule has 2 aromatic rings. The van der Waals surface area contributed by atoms with Crippen molar-refractivity contribution in [2.24, 2.45) is 11.8 Å². The van der Waals surface area contributed by atoms with Gasteiger partial charge in [0.2, 0.25) is 0 Å². The highest BCUT2D eigenvalue weighted by atomic mass is 15.3. The lowest BCUT2D eigenvalue weighted by Crippen LogP contribution is -2.26. The summed E-state index contributed by atoms with van der Waals surface area (Å²) in [5.41, 5.74) is 2.41. The molecule has 1 N–H and O–H groups in total. The van der Waals surface area contributed by atoms with Crippen LogP contribution in [0.4, 0.5) is 0 Å². The third kappa shape index (κ3) is 4.20. The topological polar surface area (TPSA) is 29.9 Å². The second-order valence-corrected chi connectivity index (χ2v) is 5.93. The van der Waals surface area contributed by atoms with Crippen LogP contribution in [-0.4, -0.2) is 22.9 Å². The number of para-hydroxylation sites is 1. The van der Waals surface area contributed by atoms with Crippen molar-refractivity contribution in [1.29, 1.82) is 0 Å². The van der Waals surface area contributed by atoms with Crippen LogP contribution in [0.1, 0.15) is 26.5 Å². The molecule has 1 atom stereocenters. The van der Waals surface area contributed by atoms with Crippen LogP contribution in [0.3, 0.4) is 0 Å². The SMILES string of the molecule is CC(C)CNCC(C)Cc1ccnn1-c1ccccc1. The van der Waals surface area contributed by atoms with Crippen molar-refractivity contribution in [3.63, 3.8) is 0 Å². The van der Waals surface area contributed by atoms with Gasteiger partial charge >= 0.3 is 0 Å². The number of hydrogen-bond acceptors (Lipinski definition) is 2. The Morgan fingerprint density at radius 1 is 1.05 bits per heavy atom. The fourth-order valence-corrected chi connectivity index (χ4v) is 2.33. The van der Waals surface area contributed by atoms with E-state index in [1.165, 1.54) is 5.69 Å².